The van der Waals surface area contributed by atoms with Crippen LogP contribution in [0.15, 0.2) is 28.7 Å². The highest BCUT2D eigenvalue weighted by Crippen LogP contribution is 2.22. The number of hydrogen-bond donors (Lipinski definition) is 2. The van der Waals surface area contributed by atoms with Crippen LogP contribution in [0.25, 0.3) is 11.4 Å². The molecule has 0 bridgehead atoms. The quantitative estimate of drug-likeness (QED) is 0.820. The topological polar surface area (TPSA) is 48.9 Å². The summed E-state index contributed by atoms with van der Waals surface area (Å²) in [6.07, 6.45) is 0. The first-order chi connectivity index (χ1) is 6.66. The molecular formula is C10H9BrN2O. The Morgan fingerprint density at radius 3 is 2.43 bits per heavy atom. The molecule has 2 aromatic rings. The van der Waals surface area contributed by atoms with Crippen LogP contribution in [0.1, 0.15) is 5.69 Å². The molecule has 0 saturated heterocycles. The van der Waals surface area contributed by atoms with E-state index in [0.717, 1.165) is 10.0 Å². The average molecular weight is 253 g/mol. The number of nitrogens with one attached hydrogen (secondary N) is 1. The van der Waals surface area contributed by atoms with E-state index in [1.54, 1.807) is 6.92 Å². The monoisotopic (exact) mass is 252 g/mol. The number of H-pyrrole nitrogens is 1. The lowest BCUT2D eigenvalue weighted by Crippen LogP contribution is -1.79. The van der Waals surface area contributed by atoms with Gasteiger partial charge < -0.3 is 10.1 Å². The van der Waals surface area contributed by atoms with Crippen molar-refractivity contribution in [1.82, 2.24) is 9.97 Å². The van der Waals surface area contributed by atoms with E-state index in [-0.39, 0.29) is 5.88 Å². The zero-order chi connectivity index (χ0) is 10.1. The van der Waals surface area contributed by atoms with Gasteiger partial charge >= 0.3 is 0 Å². The van der Waals surface area contributed by atoms with Crippen molar-refractivity contribution >= 4 is 15.9 Å². The molecule has 3 nitrogen and oxygen atoms in total. The molecule has 2 N–H and O–H groups in total. The standard InChI is InChI=1S/C10H9BrN2O/c1-6-10(14)13-9(12-6)7-2-4-8(11)5-3-7/h2-5,14H,1H3,(H,12,13). The molecule has 0 amide bonds. The van der Waals surface area contributed by atoms with Crippen molar-refractivity contribution in [3.05, 3.63) is 34.4 Å². The molecule has 72 valence electrons. The Kier molecular flexibility index (Phi) is 2.29. The zero-order valence-corrected chi connectivity index (χ0v) is 9.17. The van der Waals surface area contributed by atoms with E-state index in [0.29, 0.717) is 11.5 Å². The van der Waals surface area contributed by atoms with Gasteiger partial charge in [-0.1, -0.05) is 28.1 Å². The highest BCUT2D eigenvalue weighted by atomic mass is 79.9. The molecule has 1 aromatic carbocycles. The molecule has 0 atom stereocenters. The molecule has 0 radical (unpaired) electrons. The number of nitrogens with zero attached hydrogens (tertiary/aromatic N) is 1. The third kappa shape index (κ3) is 1.65. The number of hydrogen-bond acceptors (Lipinski definition) is 2. The molecule has 2 rings (SSSR count). The van der Waals surface area contributed by atoms with Crippen LogP contribution in [0.2, 0.25) is 0 Å². The van der Waals surface area contributed by atoms with Gasteiger partial charge in [-0.25, -0.2) is 0 Å². The molecular weight excluding hydrogens is 244 g/mol. The summed E-state index contributed by atoms with van der Waals surface area (Å²) in [5, 5.41) is 9.30. The molecule has 14 heavy (non-hydrogen) atoms. The maximum absolute atomic E-state index is 9.30. The largest absolute Gasteiger partial charge is 0.492 e. The Labute approximate surface area is 89.9 Å². The molecule has 0 fully saturated rings. The van der Waals surface area contributed by atoms with E-state index in [4.69, 9.17) is 0 Å². The third-order valence-electron chi connectivity index (χ3n) is 1.98. The number of halogens is 1. The van der Waals surface area contributed by atoms with Crippen molar-refractivity contribution in [3.63, 3.8) is 0 Å². The normalized spacial score (nSPS) is 10.4. The summed E-state index contributed by atoms with van der Waals surface area (Å²) in [6, 6.07) is 7.73. The fourth-order valence-corrected chi connectivity index (χ4v) is 1.46. The number of aromatic amines is 1. The van der Waals surface area contributed by atoms with Gasteiger partial charge in [-0.3, -0.25) is 0 Å². The first-order valence-corrected chi connectivity index (χ1v) is 4.97. The predicted octanol–water partition coefficient (Wildman–Crippen LogP) is 2.85. The summed E-state index contributed by atoms with van der Waals surface area (Å²) in [5.41, 5.74) is 1.64. The second-order valence-corrected chi connectivity index (χ2v) is 3.96. The van der Waals surface area contributed by atoms with Crippen molar-refractivity contribution in [1.29, 1.82) is 0 Å². The summed E-state index contributed by atoms with van der Waals surface area (Å²) in [7, 11) is 0. The number of aryl methyl sites for hydroxylation is 1. The van der Waals surface area contributed by atoms with E-state index in [1.807, 2.05) is 24.3 Å². The lowest BCUT2D eigenvalue weighted by Gasteiger charge is -1.95. The minimum atomic E-state index is 0.0583. The minimum Gasteiger partial charge on any atom is -0.492 e. The summed E-state index contributed by atoms with van der Waals surface area (Å²) in [6.45, 7) is 1.78. The lowest BCUT2D eigenvalue weighted by atomic mass is 10.2. The van der Waals surface area contributed by atoms with E-state index in [2.05, 4.69) is 25.9 Å². The van der Waals surface area contributed by atoms with Crippen LogP contribution in [0.5, 0.6) is 5.88 Å². The number of imidazole rings is 1. The van der Waals surface area contributed by atoms with Crippen LogP contribution in [0, 0.1) is 6.92 Å². The first-order valence-electron chi connectivity index (χ1n) is 4.18. The fourth-order valence-electron chi connectivity index (χ4n) is 1.20. The second-order valence-electron chi connectivity index (χ2n) is 3.04. The van der Waals surface area contributed by atoms with E-state index >= 15 is 0 Å². The van der Waals surface area contributed by atoms with Crippen molar-refractivity contribution in [2.45, 2.75) is 6.92 Å². The van der Waals surface area contributed by atoms with Crippen molar-refractivity contribution < 1.29 is 5.11 Å². The van der Waals surface area contributed by atoms with Gasteiger partial charge in [0.15, 0.2) is 0 Å². The molecule has 0 aliphatic carbocycles. The Bertz CT molecular complexity index is 428. The first kappa shape index (κ1) is 9.27. The van der Waals surface area contributed by atoms with E-state index in [1.165, 1.54) is 0 Å². The van der Waals surface area contributed by atoms with Gasteiger partial charge in [0.25, 0.3) is 0 Å². The number of rotatable bonds is 1. The van der Waals surface area contributed by atoms with E-state index in [9.17, 15) is 5.11 Å². The maximum atomic E-state index is 9.30. The van der Waals surface area contributed by atoms with Gasteiger partial charge in [-0.2, -0.15) is 4.98 Å². The van der Waals surface area contributed by atoms with Crippen LogP contribution in [-0.4, -0.2) is 15.1 Å². The minimum absolute atomic E-state index is 0.0583. The fraction of sp³-hybridized carbons (Fsp3) is 0.100. The van der Waals surface area contributed by atoms with Crippen LogP contribution < -0.4 is 0 Å². The van der Waals surface area contributed by atoms with Crippen molar-refractivity contribution in [2.75, 3.05) is 0 Å². The van der Waals surface area contributed by atoms with Crippen molar-refractivity contribution in [2.24, 2.45) is 0 Å². The molecule has 0 aliphatic heterocycles. The summed E-state index contributed by atoms with van der Waals surface area (Å²) >= 11 is 3.36. The molecule has 0 unspecified atom stereocenters. The van der Waals surface area contributed by atoms with Crippen LogP contribution in [0.3, 0.4) is 0 Å². The summed E-state index contributed by atoms with van der Waals surface area (Å²) in [4.78, 5) is 7.00. The second kappa shape index (κ2) is 3.46. The molecule has 0 saturated carbocycles. The van der Waals surface area contributed by atoms with Gasteiger partial charge in [0, 0.05) is 10.0 Å². The number of benzene rings is 1. The Balaban J connectivity index is 2.44. The van der Waals surface area contributed by atoms with Gasteiger partial charge in [-0.15, -0.1) is 0 Å². The average Bonchev–Trinajstić information content (AvgIpc) is 2.48. The van der Waals surface area contributed by atoms with Gasteiger partial charge in [0.05, 0.1) is 5.69 Å². The Morgan fingerprint density at radius 1 is 1.29 bits per heavy atom. The van der Waals surface area contributed by atoms with E-state index < -0.39 is 0 Å². The van der Waals surface area contributed by atoms with Gasteiger partial charge in [-0.05, 0) is 19.1 Å². The zero-order valence-electron chi connectivity index (χ0n) is 7.58. The van der Waals surface area contributed by atoms with Crippen LogP contribution >= 0.6 is 15.9 Å². The Morgan fingerprint density at radius 2 is 1.93 bits per heavy atom. The van der Waals surface area contributed by atoms with Crippen molar-refractivity contribution in [3.8, 4) is 17.3 Å². The molecule has 1 heterocycles. The number of aromatic nitrogens is 2. The highest BCUT2D eigenvalue weighted by molar-refractivity contribution is 9.10. The number of aromatic hydroxyl groups is 1. The summed E-state index contributed by atoms with van der Waals surface area (Å²) in [5.74, 6) is 0.746. The molecule has 0 aliphatic rings. The van der Waals surface area contributed by atoms with Gasteiger partial charge in [0.2, 0.25) is 5.88 Å². The summed E-state index contributed by atoms with van der Waals surface area (Å²) < 4.78 is 1.02. The molecule has 0 spiro atoms. The third-order valence-corrected chi connectivity index (χ3v) is 2.51. The van der Waals surface area contributed by atoms with Crippen LogP contribution in [-0.2, 0) is 0 Å². The smallest absolute Gasteiger partial charge is 0.232 e. The van der Waals surface area contributed by atoms with Crippen LogP contribution in [0.4, 0.5) is 0 Å². The lowest BCUT2D eigenvalue weighted by molar-refractivity contribution is 0.452. The molecule has 4 heteroatoms. The Hall–Kier alpha value is -1.29. The highest BCUT2D eigenvalue weighted by Gasteiger charge is 2.06. The predicted molar refractivity (Wildman–Crippen MR) is 58.1 cm³/mol. The molecule has 1 aromatic heterocycles. The maximum Gasteiger partial charge on any atom is 0.232 e. The SMILES string of the molecule is Cc1[nH]c(-c2ccc(Br)cc2)nc1O. The van der Waals surface area contributed by atoms with Gasteiger partial charge in [0.1, 0.15) is 5.82 Å².